The lowest BCUT2D eigenvalue weighted by molar-refractivity contribution is 0.626. The fourth-order valence-electron chi connectivity index (χ4n) is 3.06. The topological polar surface area (TPSA) is 13.1 Å². The van der Waals surface area contributed by atoms with Crippen LogP contribution in [0, 0.1) is 5.82 Å². The van der Waals surface area contributed by atoms with Crippen LogP contribution in [-0.4, -0.2) is 0 Å². The molecule has 0 spiro atoms. The molecule has 0 radical (unpaired) electrons. The van der Waals surface area contributed by atoms with Gasteiger partial charge in [-0.15, -0.1) is 0 Å². The summed E-state index contributed by atoms with van der Waals surface area (Å²) in [5.74, 6) is -0.296. The van der Waals surface area contributed by atoms with Crippen LogP contribution < -0.4 is 0 Å². The predicted octanol–water partition coefficient (Wildman–Crippen LogP) is 6.69. The van der Waals surface area contributed by atoms with Crippen molar-refractivity contribution in [1.29, 1.82) is 0 Å². The van der Waals surface area contributed by atoms with Gasteiger partial charge in [0.2, 0.25) is 0 Å². The van der Waals surface area contributed by atoms with Crippen LogP contribution in [-0.2, 0) is 0 Å². The molecule has 3 rings (SSSR count). The van der Waals surface area contributed by atoms with Crippen molar-refractivity contribution in [1.82, 2.24) is 0 Å². The van der Waals surface area contributed by atoms with Gasteiger partial charge < -0.3 is 4.42 Å². The van der Waals surface area contributed by atoms with Gasteiger partial charge in [0.05, 0.1) is 0 Å². The molecule has 0 aliphatic carbocycles. The molecule has 0 atom stereocenters. The Morgan fingerprint density at radius 3 is 2.22 bits per heavy atom. The van der Waals surface area contributed by atoms with Gasteiger partial charge in [0.1, 0.15) is 17.0 Å². The largest absolute Gasteiger partial charge is 0.455 e. The summed E-state index contributed by atoms with van der Waals surface area (Å²) in [5, 5.41) is 1.59. The van der Waals surface area contributed by atoms with Crippen molar-refractivity contribution in [3.05, 3.63) is 72.1 Å². The van der Waals surface area contributed by atoms with Crippen LogP contribution in [0.4, 0.5) is 4.39 Å². The maximum absolute atomic E-state index is 13.7. The summed E-state index contributed by atoms with van der Waals surface area (Å²) in [6, 6.07) is 4.54. The first-order chi connectivity index (χ1) is 11.2. The average molecular weight is 304 g/mol. The summed E-state index contributed by atoms with van der Waals surface area (Å²) in [7, 11) is 0. The predicted molar refractivity (Wildman–Crippen MR) is 98.7 cm³/mol. The van der Waals surface area contributed by atoms with E-state index >= 15 is 0 Å². The molecule has 1 nitrogen and oxygen atoms in total. The highest BCUT2D eigenvalue weighted by Crippen LogP contribution is 2.40. The molecule has 114 valence electrons. The molecule has 0 bridgehead atoms. The van der Waals surface area contributed by atoms with Crippen LogP contribution in [0.25, 0.3) is 46.2 Å². The Labute approximate surface area is 134 Å². The van der Waals surface area contributed by atoms with Crippen molar-refractivity contribution in [2.75, 3.05) is 0 Å². The minimum Gasteiger partial charge on any atom is -0.455 e. The number of benzene rings is 2. The van der Waals surface area contributed by atoms with Gasteiger partial charge in [-0.2, -0.15) is 0 Å². The van der Waals surface area contributed by atoms with E-state index < -0.39 is 0 Å². The Hall–Kier alpha value is -2.87. The summed E-state index contributed by atoms with van der Waals surface area (Å²) in [5.41, 5.74) is 4.99. The van der Waals surface area contributed by atoms with Crippen molar-refractivity contribution in [3.8, 4) is 0 Å². The van der Waals surface area contributed by atoms with E-state index in [4.69, 9.17) is 4.42 Å². The second-order valence-corrected chi connectivity index (χ2v) is 5.21. The normalized spacial score (nSPS) is 11.4. The first-order valence-electron chi connectivity index (χ1n) is 7.38. The minimum atomic E-state index is -0.296. The monoisotopic (exact) mass is 304 g/mol. The summed E-state index contributed by atoms with van der Waals surface area (Å²) < 4.78 is 19.8. The van der Waals surface area contributed by atoms with Crippen LogP contribution in [0.2, 0.25) is 0 Å². The van der Waals surface area contributed by atoms with E-state index in [1.165, 1.54) is 12.1 Å². The van der Waals surface area contributed by atoms with Crippen molar-refractivity contribution in [3.63, 3.8) is 0 Å². The van der Waals surface area contributed by atoms with E-state index in [2.05, 4.69) is 19.7 Å². The molecule has 2 aromatic carbocycles. The molecule has 0 N–H and O–H groups in total. The number of furan rings is 1. The number of hydrogen-bond donors (Lipinski definition) is 0. The molecule has 0 aliphatic heterocycles. The third-order valence-corrected chi connectivity index (χ3v) is 3.98. The summed E-state index contributed by atoms with van der Waals surface area (Å²) in [6.07, 6.45) is 9.23. The van der Waals surface area contributed by atoms with E-state index in [1.807, 2.05) is 19.1 Å². The van der Waals surface area contributed by atoms with E-state index in [0.717, 1.165) is 33.0 Å². The zero-order valence-corrected chi connectivity index (χ0v) is 13.0. The molecule has 1 heterocycles. The summed E-state index contributed by atoms with van der Waals surface area (Å²) >= 11 is 0. The van der Waals surface area contributed by atoms with Crippen molar-refractivity contribution in [2.45, 2.75) is 6.92 Å². The fraction of sp³-hybridized carbons (Fsp3) is 0.0476. The van der Waals surface area contributed by atoms with Crippen LogP contribution >= 0.6 is 0 Å². The van der Waals surface area contributed by atoms with E-state index in [0.29, 0.717) is 11.2 Å². The molecule has 0 unspecified atom stereocenters. The number of hydrogen-bond acceptors (Lipinski definition) is 1. The van der Waals surface area contributed by atoms with Gasteiger partial charge >= 0.3 is 0 Å². The van der Waals surface area contributed by atoms with E-state index in [9.17, 15) is 4.39 Å². The molecule has 1 aromatic heterocycles. The maximum atomic E-state index is 13.7. The second-order valence-electron chi connectivity index (χ2n) is 5.21. The number of allylic oxidation sites excluding steroid dienone is 1. The number of halogens is 1. The Morgan fingerprint density at radius 2 is 1.61 bits per heavy atom. The van der Waals surface area contributed by atoms with Gasteiger partial charge in [-0.05, 0) is 41.8 Å². The zero-order valence-electron chi connectivity index (χ0n) is 13.0. The minimum absolute atomic E-state index is 0.296. The summed E-state index contributed by atoms with van der Waals surface area (Å²) in [4.78, 5) is 0. The standard InChI is InChI=1S/C21H17FO/c1-5-9-17-15(7-3)14(6-2)16(8-4)20-18-12-13(22)10-11-19(18)23-21(17)20/h5-12H,2-4H2,1H3/b9-5-. The van der Waals surface area contributed by atoms with Gasteiger partial charge in [-0.1, -0.05) is 50.1 Å². The zero-order chi connectivity index (χ0) is 16.6. The first kappa shape index (κ1) is 15.0. The van der Waals surface area contributed by atoms with Gasteiger partial charge in [0.25, 0.3) is 0 Å². The highest BCUT2D eigenvalue weighted by molar-refractivity contribution is 6.14. The molecular formula is C21H17FO. The highest BCUT2D eigenvalue weighted by atomic mass is 19.1. The van der Waals surface area contributed by atoms with Gasteiger partial charge in [0.15, 0.2) is 0 Å². The lowest BCUT2D eigenvalue weighted by atomic mass is 9.91. The Bertz CT molecular complexity index is 986. The van der Waals surface area contributed by atoms with Crippen LogP contribution in [0.5, 0.6) is 0 Å². The third kappa shape index (κ3) is 2.15. The van der Waals surface area contributed by atoms with Gasteiger partial charge in [0, 0.05) is 16.3 Å². The van der Waals surface area contributed by atoms with Crippen molar-refractivity contribution >= 4 is 46.2 Å². The van der Waals surface area contributed by atoms with Crippen molar-refractivity contribution in [2.24, 2.45) is 0 Å². The molecule has 0 saturated carbocycles. The van der Waals surface area contributed by atoms with Crippen LogP contribution in [0.15, 0.2) is 48.4 Å². The lowest BCUT2D eigenvalue weighted by Gasteiger charge is -2.12. The van der Waals surface area contributed by atoms with Crippen molar-refractivity contribution < 1.29 is 8.81 Å². The van der Waals surface area contributed by atoms with Crippen LogP contribution in [0.1, 0.15) is 29.2 Å². The first-order valence-corrected chi connectivity index (χ1v) is 7.38. The fourth-order valence-corrected chi connectivity index (χ4v) is 3.06. The quantitative estimate of drug-likeness (QED) is 0.523. The van der Waals surface area contributed by atoms with E-state index in [1.54, 1.807) is 24.3 Å². The van der Waals surface area contributed by atoms with Gasteiger partial charge in [-0.25, -0.2) is 4.39 Å². The molecule has 0 aliphatic rings. The van der Waals surface area contributed by atoms with Gasteiger partial charge in [-0.3, -0.25) is 0 Å². The lowest BCUT2D eigenvalue weighted by Crippen LogP contribution is -1.93. The molecule has 2 heteroatoms. The molecular weight excluding hydrogens is 287 g/mol. The average Bonchev–Trinajstić information content (AvgIpc) is 2.93. The third-order valence-electron chi connectivity index (χ3n) is 3.98. The number of fused-ring (bicyclic) bond motifs is 3. The number of rotatable bonds is 4. The highest BCUT2D eigenvalue weighted by Gasteiger charge is 2.19. The molecule has 23 heavy (non-hydrogen) atoms. The second kappa shape index (κ2) is 5.73. The van der Waals surface area contributed by atoms with E-state index in [-0.39, 0.29) is 5.82 Å². The molecule has 0 saturated heterocycles. The molecule has 0 amide bonds. The Morgan fingerprint density at radius 1 is 0.957 bits per heavy atom. The Balaban J connectivity index is 2.69. The van der Waals surface area contributed by atoms with Crippen LogP contribution in [0.3, 0.4) is 0 Å². The maximum Gasteiger partial charge on any atom is 0.143 e. The Kier molecular flexibility index (Phi) is 3.75. The molecule has 0 fully saturated rings. The summed E-state index contributed by atoms with van der Waals surface area (Å²) in [6.45, 7) is 13.7. The molecule has 3 aromatic rings. The SMILES string of the molecule is C=Cc1c(C=C)c(C=C)c2c(oc3ccc(F)cc32)c1/C=C\C. The smallest absolute Gasteiger partial charge is 0.143 e.